The number of aromatic amines is 1. The van der Waals surface area contributed by atoms with Gasteiger partial charge in [0.15, 0.2) is 0 Å². The van der Waals surface area contributed by atoms with Crippen LogP contribution in [0.15, 0.2) is 18.3 Å². The standard InChI is InChI=1S/C13H10N2O2/c16-13(17)10-6-5-9(4-3-8-1-2-8)11-7-14-15-12(10)11/h5-8H,1-2H2,(H,14,15)(H,16,17). The minimum atomic E-state index is -0.957. The van der Waals surface area contributed by atoms with Gasteiger partial charge in [0.1, 0.15) is 0 Å². The first-order valence-electron chi connectivity index (χ1n) is 5.46. The molecule has 3 rings (SSSR count). The quantitative estimate of drug-likeness (QED) is 0.731. The number of rotatable bonds is 1. The van der Waals surface area contributed by atoms with Gasteiger partial charge in [-0.15, -0.1) is 0 Å². The minimum Gasteiger partial charge on any atom is -0.478 e. The van der Waals surface area contributed by atoms with Gasteiger partial charge in [-0.1, -0.05) is 11.8 Å². The molecule has 1 aromatic heterocycles. The van der Waals surface area contributed by atoms with E-state index in [0.717, 1.165) is 10.9 Å². The topological polar surface area (TPSA) is 66.0 Å². The van der Waals surface area contributed by atoms with Gasteiger partial charge in [0.05, 0.1) is 17.3 Å². The number of fused-ring (bicyclic) bond motifs is 1. The SMILES string of the molecule is O=C(O)c1ccc(C#CC2CC2)c2cn[nH]c12. The molecule has 4 nitrogen and oxygen atoms in total. The Labute approximate surface area is 97.6 Å². The molecule has 2 aromatic rings. The van der Waals surface area contributed by atoms with Crippen LogP contribution in [0.3, 0.4) is 0 Å². The maximum atomic E-state index is 11.0. The number of hydrogen-bond acceptors (Lipinski definition) is 2. The summed E-state index contributed by atoms with van der Waals surface area (Å²) in [5, 5.41) is 16.4. The van der Waals surface area contributed by atoms with Gasteiger partial charge >= 0.3 is 5.97 Å². The van der Waals surface area contributed by atoms with Gasteiger partial charge in [-0.05, 0) is 25.0 Å². The number of nitrogens with one attached hydrogen (secondary N) is 1. The zero-order valence-corrected chi connectivity index (χ0v) is 9.03. The lowest BCUT2D eigenvalue weighted by molar-refractivity contribution is 0.0699. The first kappa shape index (κ1) is 9.91. The van der Waals surface area contributed by atoms with Gasteiger partial charge in [-0.25, -0.2) is 4.79 Å². The third-order valence-corrected chi connectivity index (χ3v) is 2.83. The molecule has 84 valence electrons. The molecule has 0 amide bonds. The van der Waals surface area contributed by atoms with Crippen LogP contribution in [0.25, 0.3) is 10.9 Å². The summed E-state index contributed by atoms with van der Waals surface area (Å²) in [5.74, 6) is 5.83. The van der Waals surface area contributed by atoms with Crippen LogP contribution >= 0.6 is 0 Å². The number of H-pyrrole nitrogens is 1. The lowest BCUT2D eigenvalue weighted by Gasteiger charge is -1.98. The van der Waals surface area contributed by atoms with Crippen LogP contribution in [0.1, 0.15) is 28.8 Å². The van der Waals surface area contributed by atoms with Gasteiger partial charge in [-0.2, -0.15) is 5.10 Å². The van der Waals surface area contributed by atoms with Crippen LogP contribution in [0.4, 0.5) is 0 Å². The highest BCUT2D eigenvalue weighted by molar-refractivity contribution is 6.03. The summed E-state index contributed by atoms with van der Waals surface area (Å²) < 4.78 is 0. The molecule has 1 fully saturated rings. The summed E-state index contributed by atoms with van der Waals surface area (Å²) in [6.45, 7) is 0. The number of aromatic carboxylic acids is 1. The smallest absolute Gasteiger partial charge is 0.337 e. The molecule has 1 aromatic carbocycles. The van der Waals surface area contributed by atoms with E-state index in [2.05, 4.69) is 22.0 Å². The van der Waals surface area contributed by atoms with Crippen LogP contribution < -0.4 is 0 Å². The summed E-state index contributed by atoms with van der Waals surface area (Å²) in [7, 11) is 0. The average molecular weight is 226 g/mol. The van der Waals surface area contributed by atoms with Gasteiger partial charge in [0.2, 0.25) is 0 Å². The first-order chi connectivity index (χ1) is 8.25. The summed E-state index contributed by atoms with van der Waals surface area (Å²) in [6, 6.07) is 3.32. The Morgan fingerprint density at radius 2 is 2.29 bits per heavy atom. The predicted octanol–water partition coefficient (Wildman–Crippen LogP) is 2.02. The van der Waals surface area contributed by atoms with Crippen molar-refractivity contribution in [2.45, 2.75) is 12.8 Å². The summed E-state index contributed by atoms with van der Waals surface area (Å²) in [5.41, 5.74) is 1.61. The van der Waals surface area contributed by atoms with E-state index in [-0.39, 0.29) is 5.56 Å². The third-order valence-electron chi connectivity index (χ3n) is 2.83. The molecule has 1 heterocycles. The fourth-order valence-corrected chi connectivity index (χ4v) is 1.73. The Bertz CT molecular complexity index is 657. The molecule has 0 radical (unpaired) electrons. The summed E-state index contributed by atoms with van der Waals surface area (Å²) in [6.07, 6.45) is 3.97. The lowest BCUT2D eigenvalue weighted by atomic mass is 10.1. The number of carboxylic acid groups (broad SMARTS) is 1. The zero-order valence-electron chi connectivity index (χ0n) is 9.03. The number of hydrogen-bond donors (Lipinski definition) is 2. The van der Waals surface area contributed by atoms with Gasteiger partial charge in [-0.3, -0.25) is 5.10 Å². The van der Waals surface area contributed by atoms with Crippen LogP contribution in [0, 0.1) is 17.8 Å². The summed E-state index contributed by atoms with van der Waals surface area (Å²) >= 11 is 0. The molecule has 0 aliphatic heterocycles. The normalized spacial score (nSPS) is 14.4. The van der Waals surface area contributed by atoms with Crippen molar-refractivity contribution in [1.29, 1.82) is 0 Å². The Hall–Kier alpha value is -2.28. The largest absolute Gasteiger partial charge is 0.478 e. The third kappa shape index (κ3) is 1.76. The van der Waals surface area contributed by atoms with Gasteiger partial charge in [0, 0.05) is 16.9 Å². The zero-order chi connectivity index (χ0) is 11.8. The molecule has 0 unspecified atom stereocenters. The van der Waals surface area contributed by atoms with Crippen LogP contribution in [0.2, 0.25) is 0 Å². The van der Waals surface area contributed by atoms with E-state index >= 15 is 0 Å². The van der Waals surface area contributed by atoms with E-state index in [9.17, 15) is 4.79 Å². The van der Waals surface area contributed by atoms with E-state index in [1.54, 1.807) is 18.3 Å². The second-order valence-corrected chi connectivity index (χ2v) is 4.17. The predicted molar refractivity (Wildman–Crippen MR) is 62.7 cm³/mol. The molecule has 17 heavy (non-hydrogen) atoms. The van der Waals surface area contributed by atoms with Gasteiger partial charge in [0.25, 0.3) is 0 Å². The van der Waals surface area contributed by atoms with Crippen molar-refractivity contribution in [1.82, 2.24) is 10.2 Å². The Balaban J connectivity index is 2.15. The molecule has 1 aliphatic rings. The Morgan fingerprint density at radius 1 is 1.47 bits per heavy atom. The highest BCUT2D eigenvalue weighted by atomic mass is 16.4. The lowest BCUT2D eigenvalue weighted by Crippen LogP contribution is -1.98. The number of carboxylic acids is 1. The molecule has 2 N–H and O–H groups in total. The molecule has 0 bridgehead atoms. The molecule has 0 saturated heterocycles. The maximum Gasteiger partial charge on any atom is 0.337 e. The number of benzene rings is 1. The van der Waals surface area contributed by atoms with Crippen molar-refractivity contribution in [2.24, 2.45) is 5.92 Å². The van der Waals surface area contributed by atoms with E-state index in [1.807, 2.05) is 0 Å². The van der Waals surface area contributed by atoms with Crippen LogP contribution in [-0.2, 0) is 0 Å². The monoisotopic (exact) mass is 226 g/mol. The molecule has 4 heteroatoms. The minimum absolute atomic E-state index is 0.231. The molecular formula is C13H10N2O2. The molecule has 1 saturated carbocycles. The Kier molecular flexibility index (Phi) is 2.12. The van der Waals surface area contributed by atoms with E-state index in [1.165, 1.54) is 12.8 Å². The molecule has 0 spiro atoms. The van der Waals surface area contributed by atoms with Crippen molar-refractivity contribution >= 4 is 16.9 Å². The van der Waals surface area contributed by atoms with E-state index in [4.69, 9.17) is 5.11 Å². The second kappa shape index (κ2) is 3.63. The van der Waals surface area contributed by atoms with Crippen molar-refractivity contribution < 1.29 is 9.90 Å². The fraction of sp³-hybridized carbons (Fsp3) is 0.231. The van der Waals surface area contributed by atoms with Gasteiger partial charge < -0.3 is 5.11 Å². The fourth-order valence-electron chi connectivity index (χ4n) is 1.73. The molecule has 1 aliphatic carbocycles. The van der Waals surface area contributed by atoms with Crippen molar-refractivity contribution in [3.05, 3.63) is 29.5 Å². The summed E-state index contributed by atoms with van der Waals surface area (Å²) in [4.78, 5) is 11.0. The van der Waals surface area contributed by atoms with E-state index in [0.29, 0.717) is 11.4 Å². The highest BCUT2D eigenvalue weighted by Gasteiger charge is 2.18. The Morgan fingerprint density at radius 3 is 3.00 bits per heavy atom. The van der Waals surface area contributed by atoms with Crippen molar-refractivity contribution in [3.8, 4) is 11.8 Å². The highest BCUT2D eigenvalue weighted by Crippen LogP contribution is 2.28. The second-order valence-electron chi connectivity index (χ2n) is 4.17. The first-order valence-corrected chi connectivity index (χ1v) is 5.46. The number of carbonyl (C=O) groups is 1. The maximum absolute atomic E-state index is 11.0. The number of nitrogens with zero attached hydrogens (tertiary/aromatic N) is 1. The van der Waals surface area contributed by atoms with Crippen molar-refractivity contribution in [3.63, 3.8) is 0 Å². The van der Waals surface area contributed by atoms with Crippen LogP contribution in [0.5, 0.6) is 0 Å². The number of aromatic nitrogens is 2. The van der Waals surface area contributed by atoms with Crippen LogP contribution in [-0.4, -0.2) is 21.3 Å². The molecule has 0 atom stereocenters. The average Bonchev–Trinajstić information content (AvgIpc) is 3.00. The molecular weight excluding hydrogens is 216 g/mol. The van der Waals surface area contributed by atoms with Crippen molar-refractivity contribution in [2.75, 3.05) is 0 Å². The van der Waals surface area contributed by atoms with E-state index < -0.39 is 5.97 Å².